The van der Waals surface area contributed by atoms with Crippen molar-refractivity contribution in [2.45, 2.75) is 57.6 Å². The van der Waals surface area contributed by atoms with Crippen molar-refractivity contribution in [1.29, 1.82) is 0 Å². The number of hydrogen-bond acceptors (Lipinski definition) is 2. The molecule has 0 spiro atoms. The van der Waals surface area contributed by atoms with Gasteiger partial charge >= 0.3 is 0 Å². The van der Waals surface area contributed by atoms with E-state index in [0.717, 1.165) is 10.9 Å². The Morgan fingerprint density at radius 1 is 0.810 bits per heavy atom. The Morgan fingerprint density at radius 3 is 2.19 bits per heavy atom. The fraction of sp³-hybridized carbons (Fsp3) is 0.333. The first-order valence-corrected chi connectivity index (χ1v) is 9.61. The van der Waals surface area contributed by atoms with Gasteiger partial charge in [0.15, 0.2) is 0 Å². The lowest BCUT2D eigenvalue weighted by Gasteiger charge is -2.28. The molecule has 1 heterocycles. The lowest BCUT2D eigenvalue weighted by Crippen LogP contribution is -2.07. The van der Waals surface area contributed by atoms with Crippen molar-refractivity contribution in [2.75, 3.05) is 0 Å². The highest BCUT2D eigenvalue weighted by Gasteiger charge is 2.26. The molecule has 0 N–H and O–H groups in total. The van der Waals surface area contributed by atoms with E-state index in [1.807, 2.05) is 23.5 Å². The summed E-state index contributed by atoms with van der Waals surface area (Å²) < 4.78 is 0. The van der Waals surface area contributed by atoms with Crippen molar-refractivity contribution in [3.05, 3.63) is 47.0 Å². The van der Waals surface area contributed by atoms with Gasteiger partial charge in [-0.25, -0.2) is 0 Å². The predicted molar refractivity (Wildman–Crippen MR) is 92.0 cm³/mol. The van der Waals surface area contributed by atoms with Crippen LogP contribution in [-0.2, 0) is 0 Å². The molecule has 1 aliphatic carbocycles. The third-order valence-corrected chi connectivity index (χ3v) is 7.52. The van der Waals surface area contributed by atoms with Gasteiger partial charge in [0.2, 0.25) is 0 Å². The third kappa shape index (κ3) is 2.62. The van der Waals surface area contributed by atoms with E-state index >= 15 is 0 Å². The third-order valence-electron chi connectivity index (χ3n) is 4.41. The van der Waals surface area contributed by atoms with Crippen LogP contribution < -0.4 is 0 Å². The van der Waals surface area contributed by atoms with E-state index in [4.69, 9.17) is 11.6 Å². The second-order valence-electron chi connectivity index (χ2n) is 5.78. The quantitative estimate of drug-likeness (QED) is 0.470. The van der Waals surface area contributed by atoms with E-state index in [9.17, 15) is 0 Å². The lowest BCUT2D eigenvalue weighted by atomic mass is 9.84. The summed E-state index contributed by atoms with van der Waals surface area (Å²) in [6.45, 7) is 0. The van der Waals surface area contributed by atoms with Crippen LogP contribution in [0.3, 0.4) is 0 Å². The van der Waals surface area contributed by atoms with Crippen molar-refractivity contribution in [2.24, 2.45) is 0 Å². The topological polar surface area (TPSA) is 0 Å². The van der Waals surface area contributed by atoms with Gasteiger partial charge in [0.05, 0.1) is 5.02 Å². The van der Waals surface area contributed by atoms with Crippen LogP contribution >= 0.6 is 35.1 Å². The van der Waals surface area contributed by atoms with E-state index in [0.29, 0.717) is 0 Å². The average Bonchev–Trinajstić information content (AvgIpc) is 2.55. The van der Waals surface area contributed by atoms with Gasteiger partial charge in [-0.3, -0.25) is 0 Å². The van der Waals surface area contributed by atoms with E-state index in [-0.39, 0.29) is 0 Å². The molecule has 3 heteroatoms. The summed E-state index contributed by atoms with van der Waals surface area (Å²) in [6, 6.07) is 13.0. The van der Waals surface area contributed by atoms with Crippen LogP contribution in [0.5, 0.6) is 0 Å². The molecule has 0 unspecified atom stereocenters. The van der Waals surface area contributed by atoms with Gasteiger partial charge in [-0.15, -0.1) is 0 Å². The molecule has 4 rings (SSSR count). The molecule has 1 saturated carbocycles. The van der Waals surface area contributed by atoms with Crippen LogP contribution in [0, 0.1) is 0 Å². The molecular formula is C18H17ClS2. The number of rotatable bonds is 1. The second-order valence-corrected chi connectivity index (χ2v) is 8.29. The molecule has 0 atom stereocenters. The van der Waals surface area contributed by atoms with Crippen molar-refractivity contribution in [3.8, 4) is 0 Å². The average molecular weight is 333 g/mol. The Kier molecular flexibility index (Phi) is 3.95. The minimum atomic E-state index is 0.725. The second kappa shape index (κ2) is 5.91. The first-order chi connectivity index (χ1) is 10.3. The summed E-state index contributed by atoms with van der Waals surface area (Å²) in [5.41, 5.74) is 1.53. The van der Waals surface area contributed by atoms with Gasteiger partial charge in [0.1, 0.15) is 0 Å². The maximum absolute atomic E-state index is 6.49. The highest BCUT2D eigenvalue weighted by atomic mass is 35.5. The van der Waals surface area contributed by atoms with E-state index in [1.165, 1.54) is 57.2 Å². The van der Waals surface area contributed by atoms with Crippen LogP contribution in [0.2, 0.25) is 5.02 Å². The van der Waals surface area contributed by atoms with E-state index in [2.05, 4.69) is 36.4 Å². The Bertz CT molecular complexity index is 675. The van der Waals surface area contributed by atoms with Crippen molar-refractivity contribution in [1.82, 2.24) is 0 Å². The normalized spacial score (nSPS) is 18.1. The molecule has 2 aliphatic rings. The van der Waals surface area contributed by atoms with Gasteiger partial charge in [0.25, 0.3) is 0 Å². The van der Waals surface area contributed by atoms with Gasteiger partial charge in [-0.05, 0) is 42.5 Å². The summed E-state index contributed by atoms with van der Waals surface area (Å²) in [6.07, 6.45) is 6.81. The molecule has 0 radical (unpaired) electrons. The molecular weight excluding hydrogens is 316 g/mol. The van der Waals surface area contributed by atoms with Gasteiger partial charge in [-0.2, -0.15) is 0 Å². The number of halogens is 1. The van der Waals surface area contributed by atoms with Crippen molar-refractivity contribution < 1.29 is 0 Å². The molecule has 1 aliphatic heterocycles. The number of benzene rings is 2. The molecule has 0 nitrogen and oxygen atoms in total. The molecule has 2 aromatic carbocycles. The first-order valence-electron chi connectivity index (χ1n) is 7.60. The Morgan fingerprint density at radius 2 is 1.48 bits per heavy atom. The molecule has 0 amide bonds. The zero-order valence-corrected chi connectivity index (χ0v) is 14.2. The number of hydrogen-bond donors (Lipinski definition) is 0. The highest BCUT2D eigenvalue weighted by Crippen LogP contribution is 2.54. The zero-order valence-electron chi connectivity index (χ0n) is 11.8. The molecule has 21 heavy (non-hydrogen) atoms. The van der Waals surface area contributed by atoms with Crippen molar-refractivity contribution >= 4 is 35.1 Å². The first kappa shape index (κ1) is 14.0. The van der Waals surface area contributed by atoms with Crippen LogP contribution in [-0.4, -0.2) is 0 Å². The molecule has 1 fully saturated rings. The van der Waals surface area contributed by atoms with Gasteiger partial charge in [-0.1, -0.05) is 72.6 Å². The zero-order chi connectivity index (χ0) is 14.2. The highest BCUT2D eigenvalue weighted by molar-refractivity contribution is 8.05. The van der Waals surface area contributed by atoms with E-state index < -0.39 is 0 Å². The maximum Gasteiger partial charge on any atom is 0.0557 e. The Balaban J connectivity index is 1.79. The minimum Gasteiger partial charge on any atom is -0.0874 e. The van der Waals surface area contributed by atoms with E-state index in [1.54, 1.807) is 0 Å². The van der Waals surface area contributed by atoms with Gasteiger partial charge < -0.3 is 0 Å². The largest absolute Gasteiger partial charge is 0.0874 e. The smallest absolute Gasteiger partial charge is 0.0557 e. The summed E-state index contributed by atoms with van der Waals surface area (Å²) in [4.78, 5) is 5.38. The van der Waals surface area contributed by atoms with Gasteiger partial charge in [0, 0.05) is 19.6 Å². The minimum absolute atomic E-state index is 0.725. The molecule has 0 bridgehead atoms. The molecule has 0 saturated heterocycles. The van der Waals surface area contributed by atoms with Crippen LogP contribution in [0.1, 0.15) is 43.6 Å². The SMILES string of the molecule is Clc1ccc(C2CCCCC2)c2c1Sc1ccccc1S2. The monoisotopic (exact) mass is 332 g/mol. The summed E-state index contributed by atoms with van der Waals surface area (Å²) in [5, 5.41) is 0.900. The van der Waals surface area contributed by atoms with Crippen LogP contribution in [0.25, 0.3) is 0 Å². The maximum atomic E-state index is 6.49. The fourth-order valence-corrected chi connectivity index (χ4v) is 6.16. The summed E-state index contributed by atoms with van der Waals surface area (Å²) >= 11 is 10.2. The van der Waals surface area contributed by atoms with Crippen molar-refractivity contribution in [3.63, 3.8) is 0 Å². The number of fused-ring (bicyclic) bond motifs is 2. The molecule has 0 aromatic heterocycles. The Labute approximate surface area is 139 Å². The van der Waals surface area contributed by atoms with Crippen LogP contribution in [0.15, 0.2) is 56.0 Å². The Hall–Kier alpha value is -0.570. The fourth-order valence-electron chi connectivity index (χ4n) is 3.33. The summed E-state index contributed by atoms with van der Waals surface area (Å²) in [5.74, 6) is 0.725. The van der Waals surface area contributed by atoms with Crippen LogP contribution in [0.4, 0.5) is 0 Å². The molecule has 2 aromatic rings. The lowest BCUT2D eigenvalue weighted by molar-refractivity contribution is 0.438. The summed E-state index contributed by atoms with van der Waals surface area (Å²) in [7, 11) is 0. The molecule has 108 valence electrons. The predicted octanol–water partition coefficient (Wildman–Crippen LogP) is 7.00. The standard InChI is InChI=1S/C18H17ClS2/c19-14-11-10-13(12-6-2-1-3-7-12)17-18(14)21-16-9-5-4-8-15(16)20-17/h4-5,8-12H,1-3,6-7H2.